The third-order valence-corrected chi connectivity index (χ3v) is 3.83. The summed E-state index contributed by atoms with van der Waals surface area (Å²) in [6.45, 7) is 0. The SMILES string of the molecule is COC(=O)c1ccc(C(=O)OC)c(NC(=O)c2cc(Cl)ccc2Cl)c1. The van der Waals surface area contributed by atoms with Gasteiger partial charge in [0.05, 0.1) is 41.6 Å². The van der Waals surface area contributed by atoms with Gasteiger partial charge in [-0.3, -0.25) is 4.79 Å². The van der Waals surface area contributed by atoms with Gasteiger partial charge >= 0.3 is 11.9 Å². The highest BCUT2D eigenvalue weighted by atomic mass is 35.5. The van der Waals surface area contributed by atoms with Crippen LogP contribution in [0, 0.1) is 0 Å². The quantitative estimate of drug-likeness (QED) is 0.814. The third kappa shape index (κ3) is 4.29. The highest BCUT2D eigenvalue weighted by molar-refractivity contribution is 6.36. The molecule has 2 aromatic carbocycles. The maximum absolute atomic E-state index is 12.5. The lowest BCUT2D eigenvalue weighted by Crippen LogP contribution is -2.17. The molecule has 6 nitrogen and oxygen atoms in total. The number of amides is 1. The van der Waals surface area contributed by atoms with Gasteiger partial charge in [-0.15, -0.1) is 0 Å². The van der Waals surface area contributed by atoms with Crippen LogP contribution in [0.2, 0.25) is 10.0 Å². The highest BCUT2D eigenvalue weighted by Gasteiger charge is 2.19. The predicted octanol–water partition coefficient (Wildman–Crippen LogP) is 3.82. The molecule has 0 heterocycles. The minimum atomic E-state index is -0.677. The van der Waals surface area contributed by atoms with Crippen molar-refractivity contribution in [2.45, 2.75) is 0 Å². The number of nitrogens with one attached hydrogen (secondary N) is 1. The molecule has 2 aromatic rings. The van der Waals surface area contributed by atoms with Gasteiger partial charge < -0.3 is 14.8 Å². The van der Waals surface area contributed by atoms with E-state index in [2.05, 4.69) is 14.8 Å². The molecule has 0 unspecified atom stereocenters. The van der Waals surface area contributed by atoms with Crippen LogP contribution in [0.15, 0.2) is 36.4 Å². The largest absolute Gasteiger partial charge is 0.465 e. The van der Waals surface area contributed by atoms with Crippen molar-refractivity contribution in [1.82, 2.24) is 0 Å². The van der Waals surface area contributed by atoms with Gasteiger partial charge in [0.15, 0.2) is 0 Å². The molecule has 25 heavy (non-hydrogen) atoms. The average molecular weight is 382 g/mol. The number of esters is 2. The number of rotatable bonds is 4. The number of anilines is 1. The number of carbonyl (C=O) groups is 3. The summed E-state index contributed by atoms with van der Waals surface area (Å²) in [7, 11) is 2.43. The van der Waals surface area contributed by atoms with Crippen molar-refractivity contribution in [3.63, 3.8) is 0 Å². The van der Waals surface area contributed by atoms with E-state index in [0.717, 1.165) is 0 Å². The monoisotopic (exact) mass is 381 g/mol. The van der Waals surface area contributed by atoms with Crippen LogP contribution in [-0.4, -0.2) is 32.1 Å². The number of carbonyl (C=O) groups excluding carboxylic acids is 3. The van der Waals surface area contributed by atoms with E-state index in [1.54, 1.807) is 6.07 Å². The van der Waals surface area contributed by atoms with Gasteiger partial charge in [0.2, 0.25) is 0 Å². The Hall–Kier alpha value is -2.57. The lowest BCUT2D eigenvalue weighted by molar-refractivity contribution is 0.0587. The molecule has 0 atom stereocenters. The summed E-state index contributed by atoms with van der Waals surface area (Å²) in [5.41, 5.74) is 0.425. The first-order chi connectivity index (χ1) is 11.9. The Labute approximate surface area is 153 Å². The molecule has 8 heteroatoms. The van der Waals surface area contributed by atoms with Gasteiger partial charge in [-0.25, -0.2) is 9.59 Å². The molecule has 1 N–H and O–H groups in total. The maximum atomic E-state index is 12.5. The molecule has 130 valence electrons. The van der Waals surface area contributed by atoms with E-state index >= 15 is 0 Å². The molecule has 0 radical (unpaired) electrons. The molecule has 0 spiro atoms. The summed E-state index contributed by atoms with van der Waals surface area (Å²) in [6.07, 6.45) is 0. The van der Waals surface area contributed by atoms with Crippen LogP contribution in [0.5, 0.6) is 0 Å². The summed E-state index contributed by atoms with van der Waals surface area (Å²) in [5, 5.41) is 3.05. The molecule has 0 bridgehead atoms. The molecule has 0 aliphatic carbocycles. The van der Waals surface area contributed by atoms with Gasteiger partial charge in [0.1, 0.15) is 0 Å². The minimum Gasteiger partial charge on any atom is -0.465 e. The number of ether oxygens (including phenoxy) is 2. The Morgan fingerprint density at radius 3 is 2.20 bits per heavy atom. The second-order valence-electron chi connectivity index (χ2n) is 4.82. The first-order valence-electron chi connectivity index (χ1n) is 6.94. The van der Waals surface area contributed by atoms with Crippen molar-refractivity contribution >= 4 is 46.7 Å². The lowest BCUT2D eigenvalue weighted by atomic mass is 10.1. The van der Waals surface area contributed by atoms with Crippen molar-refractivity contribution in [2.75, 3.05) is 19.5 Å². The standard InChI is InChI=1S/C17H13Cl2NO5/c1-24-16(22)9-3-5-11(17(23)25-2)14(7-9)20-15(21)12-8-10(18)4-6-13(12)19/h3-8H,1-2H3,(H,20,21). The summed E-state index contributed by atoms with van der Waals surface area (Å²) in [4.78, 5) is 36.0. The van der Waals surface area contributed by atoms with Gasteiger partial charge in [0, 0.05) is 5.02 Å². The van der Waals surface area contributed by atoms with Crippen LogP contribution in [0.25, 0.3) is 0 Å². The van der Waals surface area contributed by atoms with E-state index in [-0.39, 0.29) is 27.4 Å². The molecular weight excluding hydrogens is 369 g/mol. The molecule has 0 saturated heterocycles. The predicted molar refractivity (Wildman–Crippen MR) is 93.5 cm³/mol. The average Bonchev–Trinajstić information content (AvgIpc) is 2.62. The number of methoxy groups -OCH3 is 2. The molecule has 2 rings (SSSR count). The third-order valence-electron chi connectivity index (χ3n) is 3.27. The fraction of sp³-hybridized carbons (Fsp3) is 0.118. The van der Waals surface area contributed by atoms with E-state index in [1.165, 1.54) is 44.6 Å². The Bertz CT molecular complexity index is 851. The zero-order valence-electron chi connectivity index (χ0n) is 13.3. The Morgan fingerprint density at radius 2 is 1.56 bits per heavy atom. The van der Waals surface area contributed by atoms with E-state index in [1.807, 2.05) is 0 Å². The zero-order chi connectivity index (χ0) is 18.6. The molecule has 0 fully saturated rings. The van der Waals surface area contributed by atoms with Crippen LogP contribution in [0.4, 0.5) is 5.69 Å². The van der Waals surface area contributed by atoms with Crippen LogP contribution in [0.3, 0.4) is 0 Å². The van der Waals surface area contributed by atoms with E-state index in [4.69, 9.17) is 23.2 Å². The fourth-order valence-electron chi connectivity index (χ4n) is 2.04. The van der Waals surface area contributed by atoms with E-state index in [0.29, 0.717) is 5.02 Å². The first kappa shape index (κ1) is 18.8. The topological polar surface area (TPSA) is 81.7 Å². The molecule has 0 saturated carbocycles. The van der Waals surface area contributed by atoms with E-state index < -0.39 is 17.8 Å². The smallest absolute Gasteiger partial charge is 0.339 e. The fourth-order valence-corrected chi connectivity index (χ4v) is 2.42. The van der Waals surface area contributed by atoms with E-state index in [9.17, 15) is 14.4 Å². The second kappa shape index (κ2) is 8.00. The van der Waals surface area contributed by atoms with Crippen LogP contribution in [0.1, 0.15) is 31.1 Å². The van der Waals surface area contributed by atoms with Crippen molar-refractivity contribution in [2.24, 2.45) is 0 Å². The van der Waals surface area contributed by atoms with Crippen LogP contribution in [-0.2, 0) is 9.47 Å². The molecular formula is C17H13Cl2NO5. The van der Waals surface area contributed by atoms with Crippen LogP contribution >= 0.6 is 23.2 Å². The Morgan fingerprint density at radius 1 is 0.880 bits per heavy atom. The van der Waals surface area contributed by atoms with Gasteiger partial charge in [0.25, 0.3) is 5.91 Å². The van der Waals surface area contributed by atoms with Crippen molar-refractivity contribution < 1.29 is 23.9 Å². The van der Waals surface area contributed by atoms with Crippen molar-refractivity contribution in [3.8, 4) is 0 Å². The molecule has 1 amide bonds. The normalized spacial score (nSPS) is 10.1. The number of hydrogen-bond donors (Lipinski definition) is 1. The Balaban J connectivity index is 2.44. The number of hydrogen-bond acceptors (Lipinski definition) is 5. The highest BCUT2D eigenvalue weighted by Crippen LogP contribution is 2.24. The molecule has 0 aliphatic rings. The minimum absolute atomic E-state index is 0.0710. The van der Waals surface area contributed by atoms with Gasteiger partial charge in [-0.2, -0.15) is 0 Å². The first-order valence-corrected chi connectivity index (χ1v) is 7.70. The molecule has 0 aromatic heterocycles. The number of halogens is 2. The second-order valence-corrected chi connectivity index (χ2v) is 5.67. The van der Waals surface area contributed by atoms with Gasteiger partial charge in [-0.1, -0.05) is 23.2 Å². The number of benzene rings is 2. The summed E-state index contributed by atoms with van der Waals surface area (Å²) < 4.78 is 9.32. The Kier molecular flexibility index (Phi) is 6.01. The summed E-state index contributed by atoms with van der Waals surface area (Å²) in [5.74, 6) is -1.89. The van der Waals surface area contributed by atoms with Crippen molar-refractivity contribution in [1.29, 1.82) is 0 Å². The lowest BCUT2D eigenvalue weighted by Gasteiger charge is -2.12. The van der Waals surface area contributed by atoms with Gasteiger partial charge in [-0.05, 0) is 36.4 Å². The van der Waals surface area contributed by atoms with Crippen molar-refractivity contribution in [3.05, 3.63) is 63.1 Å². The maximum Gasteiger partial charge on any atom is 0.339 e. The summed E-state index contributed by atoms with van der Waals surface area (Å²) >= 11 is 11.9. The van der Waals surface area contributed by atoms with Crippen LogP contribution < -0.4 is 5.32 Å². The zero-order valence-corrected chi connectivity index (χ0v) is 14.8. The molecule has 0 aliphatic heterocycles. The summed E-state index contributed by atoms with van der Waals surface area (Å²) in [6, 6.07) is 8.46.